The van der Waals surface area contributed by atoms with Gasteiger partial charge in [0.25, 0.3) is 0 Å². The van der Waals surface area contributed by atoms with E-state index in [4.69, 9.17) is 11.6 Å². The van der Waals surface area contributed by atoms with Crippen LogP contribution < -0.4 is 5.32 Å². The molecule has 1 N–H and O–H groups in total. The van der Waals surface area contributed by atoms with Gasteiger partial charge in [-0.25, -0.2) is 0 Å². The largest absolute Gasteiger partial charge is 0.352 e. The molecule has 2 nitrogen and oxygen atoms in total. The van der Waals surface area contributed by atoms with Gasteiger partial charge in [-0.1, -0.05) is 19.3 Å². The van der Waals surface area contributed by atoms with Crippen molar-refractivity contribution in [1.29, 1.82) is 0 Å². The number of thiophene rings is 1. The maximum atomic E-state index is 12.0. The Bertz CT molecular complexity index is 390. The zero-order valence-electron chi connectivity index (χ0n) is 9.42. The number of hydrogen-bond donors (Lipinski definition) is 1. The third-order valence-corrected chi connectivity index (χ3v) is 5.34. The summed E-state index contributed by atoms with van der Waals surface area (Å²) in [5.41, 5.74) is 0. The molecular weight excluding hydrogens is 322 g/mol. The van der Waals surface area contributed by atoms with Gasteiger partial charge in [0, 0.05) is 20.8 Å². The standard InChI is InChI=1S/C12H15BrClNOS/c13-8-6-10(17-7-8)11(14)12(16)15-9-4-2-1-3-5-9/h6-7,9,11H,1-5H2,(H,15,16). The van der Waals surface area contributed by atoms with Crippen LogP contribution in [0, 0.1) is 0 Å². The number of carbonyl (C=O) groups is 1. The Morgan fingerprint density at radius 1 is 1.47 bits per heavy atom. The van der Waals surface area contributed by atoms with E-state index in [2.05, 4.69) is 21.2 Å². The quantitative estimate of drug-likeness (QED) is 0.822. The molecule has 0 aromatic carbocycles. The molecule has 1 fully saturated rings. The van der Waals surface area contributed by atoms with Crippen LogP contribution in [-0.2, 0) is 4.79 Å². The molecule has 2 rings (SSSR count). The molecule has 0 spiro atoms. The summed E-state index contributed by atoms with van der Waals surface area (Å²) in [5, 5.41) is 4.43. The van der Waals surface area contributed by atoms with Crippen LogP contribution >= 0.6 is 38.9 Å². The summed E-state index contributed by atoms with van der Waals surface area (Å²) in [6, 6.07) is 2.23. The average molecular weight is 337 g/mol. The van der Waals surface area contributed by atoms with Crippen molar-refractivity contribution in [3.05, 3.63) is 20.8 Å². The topological polar surface area (TPSA) is 29.1 Å². The first-order chi connectivity index (χ1) is 8.16. The van der Waals surface area contributed by atoms with Gasteiger partial charge in [-0.2, -0.15) is 0 Å². The minimum absolute atomic E-state index is 0.0621. The lowest BCUT2D eigenvalue weighted by Crippen LogP contribution is -2.37. The second kappa shape index (κ2) is 6.21. The lowest BCUT2D eigenvalue weighted by atomic mass is 9.95. The van der Waals surface area contributed by atoms with Crippen molar-refractivity contribution in [2.75, 3.05) is 0 Å². The maximum absolute atomic E-state index is 12.0. The van der Waals surface area contributed by atoms with Crippen molar-refractivity contribution in [2.45, 2.75) is 43.5 Å². The zero-order chi connectivity index (χ0) is 12.3. The predicted octanol–water partition coefficient (Wildman–Crippen LogP) is 4.24. The first-order valence-corrected chi connectivity index (χ1v) is 7.96. The number of carbonyl (C=O) groups excluding carboxylic acids is 1. The van der Waals surface area contributed by atoms with Crippen molar-refractivity contribution in [3.8, 4) is 0 Å². The molecule has 0 bridgehead atoms. The Morgan fingerprint density at radius 3 is 2.76 bits per heavy atom. The number of hydrogen-bond acceptors (Lipinski definition) is 2. The number of amides is 1. The molecule has 1 aliphatic carbocycles. The molecule has 1 saturated carbocycles. The van der Waals surface area contributed by atoms with Crippen LogP contribution in [0.15, 0.2) is 15.9 Å². The van der Waals surface area contributed by atoms with Crippen LogP contribution in [0.1, 0.15) is 42.4 Å². The normalized spacial score (nSPS) is 18.9. The summed E-state index contributed by atoms with van der Waals surface area (Å²) < 4.78 is 0.980. The summed E-state index contributed by atoms with van der Waals surface area (Å²) in [4.78, 5) is 12.9. The molecule has 0 radical (unpaired) electrons. The van der Waals surface area contributed by atoms with Crippen LogP contribution in [0.2, 0.25) is 0 Å². The highest BCUT2D eigenvalue weighted by molar-refractivity contribution is 9.10. The molecule has 1 amide bonds. The summed E-state index contributed by atoms with van der Waals surface area (Å²) >= 11 is 11.0. The summed E-state index contributed by atoms with van der Waals surface area (Å²) in [5.74, 6) is -0.0621. The van der Waals surface area contributed by atoms with Gasteiger partial charge in [0.05, 0.1) is 0 Å². The predicted molar refractivity (Wildman–Crippen MR) is 75.6 cm³/mol. The summed E-state index contributed by atoms with van der Waals surface area (Å²) in [7, 11) is 0. The van der Waals surface area contributed by atoms with E-state index in [-0.39, 0.29) is 5.91 Å². The van der Waals surface area contributed by atoms with Crippen molar-refractivity contribution in [3.63, 3.8) is 0 Å². The lowest BCUT2D eigenvalue weighted by molar-refractivity contribution is -0.121. The van der Waals surface area contributed by atoms with E-state index in [1.165, 1.54) is 30.6 Å². The Labute approximate surface area is 119 Å². The van der Waals surface area contributed by atoms with Crippen LogP contribution in [-0.4, -0.2) is 11.9 Å². The molecule has 17 heavy (non-hydrogen) atoms. The maximum Gasteiger partial charge on any atom is 0.243 e. The SMILES string of the molecule is O=C(NC1CCCCC1)C(Cl)c1cc(Br)cs1. The van der Waals surface area contributed by atoms with Crippen LogP contribution in [0.25, 0.3) is 0 Å². The van der Waals surface area contributed by atoms with E-state index in [9.17, 15) is 4.79 Å². The Morgan fingerprint density at radius 2 is 2.18 bits per heavy atom. The second-order valence-corrected chi connectivity index (χ2v) is 6.67. The monoisotopic (exact) mass is 335 g/mol. The van der Waals surface area contributed by atoms with Crippen LogP contribution in [0.3, 0.4) is 0 Å². The van der Waals surface area contributed by atoms with Crippen molar-refractivity contribution >= 4 is 44.8 Å². The number of rotatable bonds is 3. The average Bonchev–Trinajstić information content (AvgIpc) is 2.76. The van der Waals surface area contributed by atoms with E-state index < -0.39 is 5.38 Å². The van der Waals surface area contributed by atoms with Crippen LogP contribution in [0.5, 0.6) is 0 Å². The first kappa shape index (κ1) is 13.4. The van der Waals surface area contributed by atoms with Gasteiger partial charge < -0.3 is 5.32 Å². The molecule has 1 heterocycles. The molecule has 0 saturated heterocycles. The molecular formula is C12H15BrClNOS. The lowest BCUT2D eigenvalue weighted by Gasteiger charge is -2.23. The molecule has 1 aromatic heterocycles. The van der Waals surface area contributed by atoms with E-state index in [0.29, 0.717) is 6.04 Å². The Balaban J connectivity index is 1.90. The molecule has 1 unspecified atom stereocenters. The van der Waals surface area contributed by atoms with Gasteiger partial charge in [0.15, 0.2) is 0 Å². The Kier molecular flexibility index (Phi) is 4.88. The third kappa shape index (κ3) is 3.70. The van der Waals surface area contributed by atoms with E-state index in [0.717, 1.165) is 22.2 Å². The number of halogens is 2. The summed E-state index contributed by atoms with van der Waals surface area (Å²) in [6.45, 7) is 0. The number of alkyl halides is 1. The van der Waals surface area contributed by atoms with E-state index >= 15 is 0 Å². The fourth-order valence-corrected chi connectivity index (χ4v) is 3.81. The molecule has 0 aliphatic heterocycles. The fourth-order valence-electron chi connectivity index (χ4n) is 2.11. The second-order valence-electron chi connectivity index (χ2n) is 4.37. The highest BCUT2D eigenvalue weighted by Crippen LogP contribution is 2.30. The summed E-state index contributed by atoms with van der Waals surface area (Å²) in [6.07, 6.45) is 5.88. The fraction of sp³-hybridized carbons (Fsp3) is 0.583. The molecule has 1 aromatic rings. The zero-order valence-corrected chi connectivity index (χ0v) is 12.6. The van der Waals surface area contributed by atoms with Crippen LogP contribution in [0.4, 0.5) is 0 Å². The minimum atomic E-state index is -0.562. The van der Waals surface area contributed by atoms with Gasteiger partial charge in [-0.05, 0) is 34.8 Å². The third-order valence-electron chi connectivity index (χ3n) is 3.02. The molecule has 5 heteroatoms. The van der Waals surface area contributed by atoms with Gasteiger partial charge in [0.1, 0.15) is 5.38 Å². The van der Waals surface area contributed by atoms with Gasteiger partial charge in [0.2, 0.25) is 5.91 Å². The van der Waals surface area contributed by atoms with E-state index in [1.807, 2.05) is 11.4 Å². The smallest absolute Gasteiger partial charge is 0.243 e. The number of nitrogens with one attached hydrogen (secondary N) is 1. The molecule has 94 valence electrons. The van der Waals surface area contributed by atoms with E-state index in [1.54, 1.807) is 0 Å². The van der Waals surface area contributed by atoms with Crippen molar-refractivity contribution in [1.82, 2.24) is 5.32 Å². The Hall–Kier alpha value is -0.0600. The van der Waals surface area contributed by atoms with Gasteiger partial charge in [-0.15, -0.1) is 22.9 Å². The highest BCUT2D eigenvalue weighted by atomic mass is 79.9. The van der Waals surface area contributed by atoms with Crippen molar-refractivity contribution in [2.24, 2.45) is 0 Å². The molecule has 1 aliphatic rings. The minimum Gasteiger partial charge on any atom is -0.352 e. The van der Waals surface area contributed by atoms with Gasteiger partial charge >= 0.3 is 0 Å². The highest BCUT2D eigenvalue weighted by Gasteiger charge is 2.23. The first-order valence-electron chi connectivity index (χ1n) is 5.85. The van der Waals surface area contributed by atoms with Crippen molar-refractivity contribution < 1.29 is 4.79 Å². The molecule has 1 atom stereocenters. The van der Waals surface area contributed by atoms with Gasteiger partial charge in [-0.3, -0.25) is 4.79 Å².